The highest BCUT2D eigenvalue weighted by Crippen LogP contribution is 2.26. The highest BCUT2D eigenvalue weighted by atomic mass is 79.9. The smallest absolute Gasteiger partial charge is 0.236 e. The predicted molar refractivity (Wildman–Crippen MR) is 83.3 cm³/mol. The van der Waals surface area contributed by atoms with Crippen molar-refractivity contribution in [2.24, 2.45) is 0 Å². The van der Waals surface area contributed by atoms with E-state index in [0.717, 1.165) is 43.3 Å². The average molecular weight is 346 g/mol. The zero-order chi connectivity index (χ0) is 13.8. The Bertz CT molecular complexity index is 447. The molecule has 1 aliphatic heterocycles. The van der Waals surface area contributed by atoms with E-state index in [1.165, 1.54) is 0 Å². The Balaban J connectivity index is 1.96. The second-order valence-electron chi connectivity index (χ2n) is 4.64. The molecule has 0 spiro atoms. The van der Waals surface area contributed by atoms with Crippen molar-refractivity contribution in [2.45, 2.75) is 18.2 Å². The van der Waals surface area contributed by atoms with Gasteiger partial charge < -0.3 is 9.80 Å². The van der Waals surface area contributed by atoms with Crippen molar-refractivity contribution in [3.8, 4) is 0 Å². The van der Waals surface area contributed by atoms with Crippen molar-refractivity contribution in [3.05, 3.63) is 29.3 Å². The molecule has 1 aliphatic rings. The summed E-state index contributed by atoms with van der Waals surface area (Å²) in [7, 11) is 0. The van der Waals surface area contributed by atoms with Gasteiger partial charge in [-0.3, -0.25) is 4.79 Å². The summed E-state index contributed by atoms with van der Waals surface area (Å²) in [5.74, 6) is 0.196. The monoisotopic (exact) mass is 344 g/mol. The Hall–Kier alpha value is -0.740. The van der Waals surface area contributed by atoms with E-state index in [9.17, 15) is 4.79 Å². The number of hydrogen-bond donors (Lipinski definition) is 0. The normalized spacial score (nSPS) is 17.4. The molecule has 5 heteroatoms. The number of halogens is 2. The summed E-state index contributed by atoms with van der Waals surface area (Å²) in [6.45, 7) is 5.19. The lowest BCUT2D eigenvalue weighted by Gasteiger charge is -2.37. The largest absolute Gasteiger partial charge is 0.367 e. The molecule has 2 rings (SSSR count). The number of alkyl halides is 1. The maximum atomic E-state index is 12.1. The van der Waals surface area contributed by atoms with E-state index in [-0.39, 0.29) is 10.7 Å². The summed E-state index contributed by atoms with van der Waals surface area (Å²) in [5, 5.41) is 0.772. The molecular formula is C14H18BrClN2O. The van der Waals surface area contributed by atoms with Crippen LogP contribution in [0.3, 0.4) is 0 Å². The molecule has 1 saturated heterocycles. The van der Waals surface area contributed by atoms with Crippen molar-refractivity contribution < 1.29 is 4.79 Å². The quantitative estimate of drug-likeness (QED) is 0.786. The van der Waals surface area contributed by atoms with Crippen LogP contribution in [0, 0.1) is 0 Å². The molecule has 1 atom stereocenters. The fourth-order valence-electron chi connectivity index (χ4n) is 2.25. The number of para-hydroxylation sites is 1. The molecule has 0 N–H and O–H groups in total. The lowest BCUT2D eigenvalue weighted by molar-refractivity contribution is -0.130. The molecule has 0 aliphatic carbocycles. The van der Waals surface area contributed by atoms with Gasteiger partial charge >= 0.3 is 0 Å². The third-order valence-electron chi connectivity index (χ3n) is 3.41. The van der Waals surface area contributed by atoms with Gasteiger partial charge in [0.25, 0.3) is 0 Å². The molecule has 1 aromatic carbocycles. The Morgan fingerprint density at radius 2 is 1.95 bits per heavy atom. The van der Waals surface area contributed by atoms with E-state index in [1.54, 1.807) is 0 Å². The standard InChI is InChI=1S/C14H18BrClN2O/c1-2-11(15)14(19)18-9-7-17(8-10-18)13-6-4-3-5-12(13)16/h3-6,11H,2,7-10H2,1H3. The average Bonchev–Trinajstić information content (AvgIpc) is 2.46. The molecule has 0 bridgehead atoms. The van der Waals surface area contributed by atoms with Crippen molar-refractivity contribution in [1.29, 1.82) is 0 Å². The molecule has 1 aromatic rings. The molecule has 3 nitrogen and oxygen atoms in total. The predicted octanol–water partition coefficient (Wildman–Crippen LogP) is 3.16. The van der Waals surface area contributed by atoms with Gasteiger partial charge in [-0.2, -0.15) is 0 Å². The topological polar surface area (TPSA) is 23.6 Å². The number of piperazine rings is 1. The number of rotatable bonds is 3. The summed E-state index contributed by atoms with van der Waals surface area (Å²) in [6, 6.07) is 7.85. The lowest BCUT2D eigenvalue weighted by atomic mass is 10.2. The van der Waals surface area contributed by atoms with Crippen LogP contribution in [-0.2, 0) is 4.79 Å². The summed E-state index contributed by atoms with van der Waals surface area (Å²) in [4.78, 5) is 16.2. The highest BCUT2D eigenvalue weighted by Gasteiger charge is 2.25. The highest BCUT2D eigenvalue weighted by molar-refractivity contribution is 9.10. The van der Waals surface area contributed by atoms with Crippen LogP contribution in [-0.4, -0.2) is 41.8 Å². The van der Waals surface area contributed by atoms with Gasteiger partial charge in [-0.05, 0) is 18.6 Å². The van der Waals surface area contributed by atoms with E-state index in [4.69, 9.17) is 11.6 Å². The first-order valence-electron chi connectivity index (χ1n) is 6.55. The molecular weight excluding hydrogens is 328 g/mol. The maximum absolute atomic E-state index is 12.1. The molecule has 0 aromatic heterocycles. The van der Waals surface area contributed by atoms with Gasteiger partial charge in [-0.15, -0.1) is 0 Å². The van der Waals surface area contributed by atoms with E-state index in [1.807, 2.05) is 36.1 Å². The number of nitrogens with zero attached hydrogens (tertiary/aromatic N) is 2. The van der Waals surface area contributed by atoms with Gasteiger partial charge in [-0.25, -0.2) is 0 Å². The SMILES string of the molecule is CCC(Br)C(=O)N1CCN(c2ccccc2Cl)CC1. The summed E-state index contributed by atoms with van der Waals surface area (Å²) < 4.78 is 0. The van der Waals surface area contributed by atoms with Crippen LogP contribution in [0.1, 0.15) is 13.3 Å². The third kappa shape index (κ3) is 3.42. The first-order valence-corrected chi connectivity index (χ1v) is 7.85. The van der Waals surface area contributed by atoms with Crippen LogP contribution in [0.5, 0.6) is 0 Å². The van der Waals surface area contributed by atoms with Crippen LogP contribution in [0.4, 0.5) is 5.69 Å². The lowest BCUT2D eigenvalue weighted by Crippen LogP contribution is -2.50. The minimum absolute atomic E-state index is 0.0561. The first-order chi connectivity index (χ1) is 9.13. The van der Waals surface area contributed by atoms with E-state index >= 15 is 0 Å². The zero-order valence-corrected chi connectivity index (χ0v) is 13.3. The van der Waals surface area contributed by atoms with Crippen LogP contribution in [0.2, 0.25) is 5.02 Å². The van der Waals surface area contributed by atoms with Crippen LogP contribution in [0.15, 0.2) is 24.3 Å². The van der Waals surface area contributed by atoms with E-state index in [2.05, 4.69) is 20.8 Å². The summed E-state index contributed by atoms with van der Waals surface area (Å²) >= 11 is 9.62. The number of amides is 1. The number of carbonyl (C=O) groups is 1. The summed E-state index contributed by atoms with van der Waals surface area (Å²) in [6.07, 6.45) is 0.823. The summed E-state index contributed by atoms with van der Waals surface area (Å²) in [5.41, 5.74) is 1.06. The second kappa shape index (κ2) is 6.62. The third-order valence-corrected chi connectivity index (χ3v) is 4.77. The molecule has 1 heterocycles. The van der Waals surface area contributed by atoms with Gasteiger partial charge in [0.2, 0.25) is 5.91 Å². The fourth-order valence-corrected chi connectivity index (χ4v) is 2.79. The Labute approximate surface area is 127 Å². The van der Waals surface area contributed by atoms with Gasteiger partial charge in [0.15, 0.2) is 0 Å². The Kier molecular flexibility index (Phi) is 5.11. The molecule has 1 amide bonds. The molecule has 1 unspecified atom stereocenters. The minimum Gasteiger partial charge on any atom is -0.367 e. The number of hydrogen-bond acceptors (Lipinski definition) is 2. The van der Waals surface area contributed by atoms with E-state index in [0.29, 0.717) is 0 Å². The van der Waals surface area contributed by atoms with Gasteiger partial charge in [-0.1, -0.05) is 46.6 Å². The van der Waals surface area contributed by atoms with Crippen molar-refractivity contribution >= 4 is 39.1 Å². The van der Waals surface area contributed by atoms with Crippen molar-refractivity contribution in [3.63, 3.8) is 0 Å². The second-order valence-corrected chi connectivity index (χ2v) is 6.15. The van der Waals surface area contributed by atoms with Gasteiger partial charge in [0, 0.05) is 26.2 Å². The molecule has 104 valence electrons. The molecule has 0 saturated carbocycles. The minimum atomic E-state index is -0.0561. The van der Waals surface area contributed by atoms with E-state index < -0.39 is 0 Å². The van der Waals surface area contributed by atoms with Crippen LogP contribution in [0.25, 0.3) is 0 Å². The number of benzene rings is 1. The number of carbonyl (C=O) groups excluding carboxylic acids is 1. The van der Waals surface area contributed by atoms with Crippen molar-refractivity contribution in [1.82, 2.24) is 4.90 Å². The Morgan fingerprint density at radius 1 is 1.32 bits per heavy atom. The number of anilines is 1. The molecule has 19 heavy (non-hydrogen) atoms. The van der Waals surface area contributed by atoms with Gasteiger partial charge in [0.05, 0.1) is 15.5 Å². The van der Waals surface area contributed by atoms with Crippen LogP contribution < -0.4 is 4.90 Å². The molecule has 1 fully saturated rings. The molecule has 0 radical (unpaired) electrons. The van der Waals surface area contributed by atoms with Gasteiger partial charge in [0.1, 0.15) is 0 Å². The van der Waals surface area contributed by atoms with Crippen LogP contribution >= 0.6 is 27.5 Å². The maximum Gasteiger partial charge on any atom is 0.236 e. The van der Waals surface area contributed by atoms with Crippen molar-refractivity contribution in [2.75, 3.05) is 31.1 Å². The first kappa shape index (κ1) is 14.7. The Morgan fingerprint density at radius 3 is 2.53 bits per heavy atom. The zero-order valence-electron chi connectivity index (χ0n) is 11.0. The fraction of sp³-hybridized carbons (Fsp3) is 0.500.